The Morgan fingerprint density at radius 2 is 1.33 bits per heavy atom. The summed E-state index contributed by atoms with van der Waals surface area (Å²) < 4.78 is 28.6. The summed E-state index contributed by atoms with van der Waals surface area (Å²) in [6.07, 6.45) is 13.2. The van der Waals surface area contributed by atoms with Crippen molar-refractivity contribution in [3.05, 3.63) is 29.3 Å². The molecule has 1 aromatic rings. The SMILES string of the molecule is Cc1ccc(S(=O)(=O)NC2CCCCCCCCCCC2)c(C)c1. The van der Waals surface area contributed by atoms with Crippen molar-refractivity contribution in [1.82, 2.24) is 4.72 Å². The number of benzene rings is 1. The van der Waals surface area contributed by atoms with Gasteiger partial charge in [-0.15, -0.1) is 0 Å². The van der Waals surface area contributed by atoms with Crippen molar-refractivity contribution in [3.63, 3.8) is 0 Å². The van der Waals surface area contributed by atoms with Crippen LogP contribution in [0.15, 0.2) is 23.1 Å². The summed E-state index contributed by atoms with van der Waals surface area (Å²) in [4.78, 5) is 0.430. The van der Waals surface area contributed by atoms with Crippen molar-refractivity contribution in [2.75, 3.05) is 0 Å². The van der Waals surface area contributed by atoms with Crippen LogP contribution in [0.3, 0.4) is 0 Å². The zero-order chi connectivity index (χ0) is 17.4. The van der Waals surface area contributed by atoms with Crippen molar-refractivity contribution in [2.45, 2.75) is 95.4 Å². The fourth-order valence-corrected chi connectivity index (χ4v) is 5.20. The minimum Gasteiger partial charge on any atom is -0.208 e. The fraction of sp³-hybridized carbons (Fsp3) is 0.700. The Bertz CT molecular complexity index is 598. The van der Waals surface area contributed by atoms with E-state index in [0.717, 1.165) is 36.8 Å². The van der Waals surface area contributed by atoms with Crippen molar-refractivity contribution >= 4 is 10.0 Å². The van der Waals surface area contributed by atoms with E-state index in [0.29, 0.717) is 4.90 Å². The lowest BCUT2D eigenvalue weighted by Gasteiger charge is -2.20. The van der Waals surface area contributed by atoms with Gasteiger partial charge in [0.2, 0.25) is 10.0 Å². The first kappa shape index (κ1) is 19.5. The molecule has 2 rings (SSSR count). The Hall–Kier alpha value is -0.870. The van der Waals surface area contributed by atoms with Gasteiger partial charge in [0, 0.05) is 6.04 Å². The van der Waals surface area contributed by atoms with E-state index in [-0.39, 0.29) is 6.04 Å². The molecule has 0 atom stereocenters. The van der Waals surface area contributed by atoms with Crippen LogP contribution in [0.5, 0.6) is 0 Å². The summed E-state index contributed by atoms with van der Waals surface area (Å²) in [7, 11) is -3.42. The normalized spacial score (nSPS) is 19.4. The predicted molar refractivity (Wildman–Crippen MR) is 101 cm³/mol. The Kier molecular flexibility index (Phi) is 7.76. The molecule has 136 valence electrons. The highest BCUT2D eigenvalue weighted by molar-refractivity contribution is 7.89. The molecule has 0 aliphatic heterocycles. The lowest BCUT2D eigenvalue weighted by atomic mass is 9.98. The van der Waals surface area contributed by atoms with E-state index in [4.69, 9.17) is 0 Å². The van der Waals surface area contributed by atoms with E-state index >= 15 is 0 Å². The maximum absolute atomic E-state index is 12.8. The molecule has 1 N–H and O–H groups in total. The van der Waals surface area contributed by atoms with Gasteiger partial charge in [0.05, 0.1) is 4.90 Å². The largest absolute Gasteiger partial charge is 0.241 e. The molecule has 4 heteroatoms. The third kappa shape index (κ3) is 6.21. The average Bonchev–Trinajstić information content (AvgIpc) is 2.49. The number of sulfonamides is 1. The van der Waals surface area contributed by atoms with Gasteiger partial charge >= 0.3 is 0 Å². The molecule has 0 unspecified atom stereocenters. The van der Waals surface area contributed by atoms with Gasteiger partial charge in [-0.25, -0.2) is 13.1 Å². The zero-order valence-electron chi connectivity index (χ0n) is 15.3. The van der Waals surface area contributed by atoms with Gasteiger partial charge in [0.25, 0.3) is 0 Å². The Labute approximate surface area is 148 Å². The minimum atomic E-state index is -3.42. The molecule has 0 aromatic heterocycles. The summed E-state index contributed by atoms with van der Waals surface area (Å²) in [6, 6.07) is 5.63. The van der Waals surface area contributed by atoms with Gasteiger partial charge < -0.3 is 0 Å². The minimum absolute atomic E-state index is 0.0788. The molecule has 0 heterocycles. The van der Waals surface area contributed by atoms with Crippen LogP contribution in [0.1, 0.15) is 81.8 Å². The van der Waals surface area contributed by atoms with Crippen LogP contribution in [-0.2, 0) is 10.0 Å². The van der Waals surface area contributed by atoms with E-state index in [1.807, 2.05) is 26.0 Å². The topological polar surface area (TPSA) is 46.2 Å². The van der Waals surface area contributed by atoms with Crippen molar-refractivity contribution < 1.29 is 8.42 Å². The second kappa shape index (κ2) is 9.57. The third-order valence-corrected chi connectivity index (χ3v) is 6.73. The standard InChI is InChI=1S/C20H33NO2S/c1-17-14-15-20(18(2)16-17)24(22,23)21-19-12-10-8-6-4-3-5-7-9-11-13-19/h14-16,19,21H,3-13H2,1-2H3. The van der Waals surface area contributed by atoms with E-state index in [1.54, 1.807) is 6.07 Å². The van der Waals surface area contributed by atoms with Crippen LogP contribution in [0.4, 0.5) is 0 Å². The molecule has 0 spiro atoms. The van der Waals surface area contributed by atoms with Crippen LogP contribution in [0.25, 0.3) is 0 Å². The molecular formula is C20H33NO2S. The maximum Gasteiger partial charge on any atom is 0.241 e. The smallest absolute Gasteiger partial charge is 0.208 e. The van der Waals surface area contributed by atoms with Crippen LogP contribution in [0.2, 0.25) is 0 Å². The molecule has 1 aliphatic rings. The summed E-state index contributed by atoms with van der Waals surface area (Å²) in [6.45, 7) is 3.87. The van der Waals surface area contributed by atoms with E-state index in [9.17, 15) is 8.42 Å². The zero-order valence-corrected chi connectivity index (χ0v) is 16.1. The van der Waals surface area contributed by atoms with Crippen LogP contribution in [0, 0.1) is 13.8 Å². The molecule has 0 radical (unpaired) electrons. The van der Waals surface area contributed by atoms with Gasteiger partial charge in [-0.1, -0.05) is 75.5 Å². The number of hydrogen-bond acceptors (Lipinski definition) is 2. The van der Waals surface area contributed by atoms with Crippen LogP contribution < -0.4 is 4.72 Å². The summed E-state index contributed by atoms with van der Waals surface area (Å²) in [5.74, 6) is 0. The van der Waals surface area contributed by atoms with E-state index in [2.05, 4.69) is 4.72 Å². The molecule has 0 saturated heterocycles. The van der Waals surface area contributed by atoms with Gasteiger partial charge in [-0.3, -0.25) is 0 Å². The molecule has 1 aliphatic carbocycles. The fourth-order valence-electron chi connectivity index (χ4n) is 3.66. The summed E-state index contributed by atoms with van der Waals surface area (Å²) >= 11 is 0. The molecule has 1 aromatic carbocycles. The van der Waals surface area contributed by atoms with Crippen molar-refractivity contribution in [2.24, 2.45) is 0 Å². The molecule has 1 saturated carbocycles. The van der Waals surface area contributed by atoms with Gasteiger partial charge in [0.15, 0.2) is 0 Å². The maximum atomic E-state index is 12.8. The molecule has 0 amide bonds. The highest BCUT2D eigenvalue weighted by Gasteiger charge is 2.21. The Morgan fingerprint density at radius 1 is 0.833 bits per heavy atom. The number of rotatable bonds is 3. The van der Waals surface area contributed by atoms with E-state index in [1.165, 1.54) is 44.9 Å². The Morgan fingerprint density at radius 3 is 1.83 bits per heavy atom. The third-order valence-electron chi connectivity index (χ3n) is 5.05. The summed E-state index contributed by atoms with van der Waals surface area (Å²) in [5.41, 5.74) is 1.92. The number of hydrogen-bond donors (Lipinski definition) is 1. The van der Waals surface area contributed by atoms with Crippen molar-refractivity contribution in [3.8, 4) is 0 Å². The molecule has 3 nitrogen and oxygen atoms in total. The second-order valence-corrected chi connectivity index (χ2v) is 9.03. The first-order valence-electron chi connectivity index (χ1n) is 9.58. The van der Waals surface area contributed by atoms with Gasteiger partial charge in [-0.05, 0) is 38.3 Å². The molecule has 24 heavy (non-hydrogen) atoms. The van der Waals surface area contributed by atoms with Gasteiger partial charge in [0.1, 0.15) is 0 Å². The second-order valence-electron chi connectivity index (χ2n) is 7.35. The summed E-state index contributed by atoms with van der Waals surface area (Å²) in [5, 5.41) is 0. The first-order valence-corrected chi connectivity index (χ1v) is 11.1. The monoisotopic (exact) mass is 351 g/mol. The lowest BCUT2D eigenvalue weighted by molar-refractivity contribution is 0.440. The highest BCUT2D eigenvalue weighted by atomic mass is 32.2. The number of nitrogens with one attached hydrogen (secondary N) is 1. The average molecular weight is 352 g/mol. The molecular weight excluding hydrogens is 318 g/mol. The lowest BCUT2D eigenvalue weighted by Crippen LogP contribution is -2.35. The highest BCUT2D eigenvalue weighted by Crippen LogP contribution is 2.21. The molecule has 0 bridgehead atoms. The first-order chi connectivity index (χ1) is 11.5. The Balaban J connectivity index is 2.03. The van der Waals surface area contributed by atoms with Crippen LogP contribution >= 0.6 is 0 Å². The van der Waals surface area contributed by atoms with Gasteiger partial charge in [-0.2, -0.15) is 0 Å². The van der Waals surface area contributed by atoms with Crippen LogP contribution in [-0.4, -0.2) is 14.5 Å². The van der Waals surface area contributed by atoms with Crippen molar-refractivity contribution in [1.29, 1.82) is 0 Å². The quantitative estimate of drug-likeness (QED) is 0.808. The van der Waals surface area contributed by atoms with E-state index < -0.39 is 10.0 Å². The predicted octanol–water partition coefficient (Wildman–Crippen LogP) is 5.26. The molecule has 1 fully saturated rings. The number of aryl methyl sites for hydroxylation is 2.